The van der Waals surface area contributed by atoms with Gasteiger partial charge in [0.25, 0.3) is 5.91 Å². The lowest BCUT2D eigenvalue weighted by molar-refractivity contribution is 0.0746. The Balaban J connectivity index is 1.41. The number of thiophene rings is 1. The molecule has 30 heavy (non-hydrogen) atoms. The molecule has 0 saturated carbocycles. The van der Waals surface area contributed by atoms with E-state index in [1.165, 1.54) is 0 Å². The molecule has 1 aromatic carbocycles. The number of anilines is 1. The van der Waals surface area contributed by atoms with Crippen LogP contribution in [0.15, 0.2) is 60.5 Å². The van der Waals surface area contributed by atoms with Gasteiger partial charge in [-0.15, -0.1) is 11.3 Å². The Hall–Kier alpha value is -3.03. The zero-order chi connectivity index (χ0) is 20.5. The van der Waals surface area contributed by atoms with E-state index >= 15 is 0 Å². The maximum Gasteiger partial charge on any atom is 0.254 e. The molecule has 5 rings (SSSR count). The van der Waals surface area contributed by atoms with Crippen molar-refractivity contribution in [3.8, 4) is 11.1 Å². The number of nitrogens with zero attached hydrogens (tertiary/aromatic N) is 5. The van der Waals surface area contributed by atoms with Gasteiger partial charge < -0.3 is 9.80 Å². The Labute approximate surface area is 182 Å². The van der Waals surface area contributed by atoms with E-state index in [9.17, 15) is 4.79 Å². The van der Waals surface area contributed by atoms with E-state index in [1.807, 2.05) is 29.2 Å². The van der Waals surface area contributed by atoms with Gasteiger partial charge >= 0.3 is 0 Å². The Morgan fingerprint density at radius 3 is 2.43 bits per heavy atom. The maximum absolute atomic E-state index is 12.7. The van der Waals surface area contributed by atoms with E-state index in [-0.39, 0.29) is 5.91 Å². The number of halogens is 1. The van der Waals surface area contributed by atoms with Crippen LogP contribution in [0.4, 0.5) is 5.82 Å². The van der Waals surface area contributed by atoms with Gasteiger partial charge in [0.1, 0.15) is 17.0 Å². The number of benzene rings is 1. The van der Waals surface area contributed by atoms with Gasteiger partial charge in [0.05, 0.1) is 5.39 Å². The number of hydrogen-bond donors (Lipinski definition) is 0. The SMILES string of the molecule is O=C(c1ccncc1)N1CCN(c2ncnc3scc(-c4ccc(Cl)cc4)c23)CC1. The second kappa shape index (κ2) is 8.01. The highest BCUT2D eigenvalue weighted by Crippen LogP contribution is 2.38. The molecule has 0 spiro atoms. The predicted octanol–water partition coefficient (Wildman–Crippen LogP) is 4.37. The highest BCUT2D eigenvalue weighted by molar-refractivity contribution is 7.17. The minimum Gasteiger partial charge on any atom is -0.352 e. The van der Waals surface area contributed by atoms with Crippen molar-refractivity contribution < 1.29 is 4.79 Å². The fourth-order valence-electron chi connectivity index (χ4n) is 3.74. The monoisotopic (exact) mass is 435 g/mol. The number of aromatic nitrogens is 3. The first-order valence-electron chi connectivity index (χ1n) is 9.63. The fourth-order valence-corrected chi connectivity index (χ4v) is 4.78. The average Bonchev–Trinajstić information content (AvgIpc) is 3.24. The number of pyridine rings is 1. The van der Waals surface area contributed by atoms with Crippen LogP contribution in [0.5, 0.6) is 0 Å². The van der Waals surface area contributed by atoms with Crippen LogP contribution in [0.3, 0.4) is 0 Å². The summed E-state index contributed by atoms with van der Waals surface area (Å²) < 4.78 is 0. The summed E-state index contributed by atoms with van der Waals surface area (Å²) in [5.74, 6) is 0.962. The van der Waals surface area contributed by atoms with E-state index in [2.05, 4.69) is 25.2 Å². The molecule has 0 bridgehead atoms. The Morgan fingerprint density at radius 2 is 1.70 bits per heavy atom. The normalized spacial score (nSPS) is 14.3. The summed E-state index contributed by atoms with van der Waals surface area (Å²) in [6, 6.07) is 11.3. The zero-order valence-electron chi connectivity index (χ0n) is 16.0. The first-order chi connectivity index (χ1) is 14.7. The summed E-state index contributed by atoms with van der Waals surface area (Å²) in [6.07, 6.45) is 4.92. The van der Waals surface area contributed by atoms with Gasteiger partial charge in [0.15, 0.2) is 0 Å². The van der Waals surface area contributed by atoms with Crippen molar-refractivity contribution in [2.24, 2.45) is 0 Å². The lowest BCUT2D eigenvalue weighted by Crippen LogP contribution is -2.49. The van der Waals surface area contributed by atoms with Crippen molar-refractivity contribution >= 4 is 44.9 Å². The van der Waals surface area contributed by atoms with Crippen molar-refractivity contribution in [2.45, 2.75) is 0 Å². The highest BCUT2D eigenvalue weighted by Gasteiger charge is 2.25. The second-order valence-electron chi connectivity index (χ2n) is 7.05. The summed E-state index contributed by atoms with van der Waals surface area (Å²) >= 11 is 7.67. The van der Waals surface area contributed by atoms with Gasteiger partial charge in [-0.1, -0.05) is 23.7 Å². The van der Waals surface area contributed by atoms with Crippen molar-refractivity contribution in [3.63, 3.8) is 0 Å². The lowest BCUT2D eigenvalue weighted by atomic mass is 10.1. The zero-order valence-corrected chi connectivity index (χ0v) is 17.6. The van der Waals surface area contributed by atoms with E-state index in [0.29, 0.717) is 23.7 Å². The summed E-state index contributed by atoms with van der Waals surface area (Å²) in [4.78, 5) is 30.9. The molecule has 1 aliphatic heterocycles. The lowest BCUT2D eigenvalue weighted by Gasteiger charge is -2.35. The molecule has 6 nitrogen and oxygen atoms in total. The van der Waals surface area contributed by atoms with Gasteiger partial charge in [-0.2, -0.15) is 0 Å². The second-order valence-corrected chi connectivity index (χ2v) is 8.34. The topological polar surface area (TPSA) is 62.2 Å². The number of rotatable bonds is 3. The molecule has 4 heterocycles. The maximum atomic E-state index is 12.7. The third-order valence-corrected chi connectivity index (χ3v) is 6.44. The standard InChI is InChI=1S/C22H18ClN5OS/c23-17-3-1-15(2-4-17)18-13-30-21-19(18)20(25-14-26-21)27-9-11-28(12-10-27)22(29)16-5-7-24-8-6-16/h1-8,13-14H,9-12H2. The van der Waals surface area contributed by atoms with E-state index in [4.69, 9.17) is 11.6 Å². The molecule has 3 aromatic heterocycles. The van der Waals surface area contributed by atoms with Crippen molar-refractivity contribution in [3.05, 3.63) is 71.1 Å². The van der Waals surface area contributed by atoms with Crippen LogP contribution in [0.1, 0.15) is 10.4 Å². The number of amides is 1. The van der Waals surface area contributed by atoms with Crippen molar-refractivity contribution in [1.29, 1.82) is 0 Å². The van der Waals surface area contributed by atoms with E-state index in [1.54, 1.807) is 42.2 Å². The van der Waals surface area contributed by atoms with Crippen LogP contribution < -0.4 is 4.90 Å². The first-order valence-corrected chi connectivity index (χ1v) is 10.9. The van der Waals surface area contributed by atoms with Crippen LogP contribution in [0.25, 0.3) is 21.3 Å². The molecular weight excluding hydrogens is 418 g/mol. The van der Waals surface area contributed by atoms with E-state index in [0.717, 1.165) is 40.3 Å². The number of piperazine rings is 1. The number of carbonyl (C=O) groups excluding carboxylic acids is 1. The highest BCUT2D eigenvalue weighted by atomic mass is 35.5. The van der Waals surface area contributed by atoms with Gasteiger partial charge in [-0.05, 0) is 29.8 Å². The first kappa shape index (κ1) is 19.0. The molecule has 1 saturated heterocycles. The third kappa shape index (κ3) is 3.51. The quantitative estimate of drug-likeness (QED) is 0.478. The summed E-state index contributed by atoms with van der Waals surface area (Å²) in [5, 5.41) is 3.89. The molecular formula is C22H18ClN5OS. The molecule has 4 aromatic rings. The van der Waals surface area contributed by atoms with Crippen LogP contribution in [-0.2, 0) is 0 Å². The molecule has 1 fully saturated rings. The van der Waals surface area contributed by atoms with E-state index < -0.39 is 0 Å². The van der Waals surface area contributed by atoms with Crippen molar-refractivity contribution in [1.82, 2.24) is 19.9 Å². The average molecular weight is 436 g/mol. The molecule has 0 atom stereocenters. The molecule has 150 valence electrons. The summed E-state index contributed by atoms with van der Waals surface area (Å²) in [7, 11) is 0. The molecule has 0 N–H and O–H groups in total. The molecule has 1 aliphatic rings. The smallest absolute Gasteiger partial charge is 0.254 e. The van der Waals surface area contributed by atoms with Gasteiger partial charge in [0.2, 0.25) is 0 Å². The Kier molecular flexibility index (Phi) is 5.06. The van der Waals surface area contributed by atoms with Crippen LogP contribution in [0, 0.1) is 0 Å². The minimum atomic E-state index is 0.0438. The molecule has 0 unspecified atom stereocenters. The van der Waals surface area contributed by atoms with Crippen LogP contribution >= 0.6 is 22.9 Å². The predicted molar refractivity (Wildman–Crippen MR) is 120 cm³/mol. The number of fused-ring (bicyclic) bond motifs is 1. The molecule has 0 aliphatic carbocycles. The van der Waals surface area contributed by atoms with Crippen molar-refractivity contribution in [2.75, 3.05) is 31.1 Å². The molecule has 1 amide bonds. The minimum absolute atomic E-state index is 0.0438. The fraction of sp³-hybridized carbons (Fsp3) is 0.182. The largest absolute Gasteiger partial charge is 0.352 e. The van der Waals surface area contributed by atoms with Gasteiger partial charge in [0, 0.05) is 60.1 Å². The number of carbonyl (C=O) groups is 1. The van der Waals surface area contributed by atoms with Gasteiger partial charge in [-0.25, -0.2) is 9.97 Å². The Bertz CT molecular complexity index is 1190. The van der Waals surface area contributed by atoms with Crippen LogP contribution in [0.2, 0.25) is 5.02 Å². The molecule has 8 heteroatoms. The van der Waals surface area contributed by atoms with Crippen LogP contribution in [-0.4, -0.2) is 51.9 Å². The van der Waals surface area contributed by atoms with Gasteiger partial charge in [-0.3, -0.25) is 9.78 Å². The molecule has 0 radical (unpaired) electrons. The summed E-state index contributed by atoms with van der Waals surface area (Å²) in [6.45, 7) is 2.73. The number of hydrogen-bond acceptors (Lipinski definition) is 6. The summed E-state index contributed by atoms with van der Waals surface area (Å²) in [5.41, 5.74) is 2.87. The Morgan fingerprint density at radius 1 is 0.967 bits per heavy atom. The third-order valence-electron chi connectivity index (χ3n) is 5.30.